The zero-order valence-electron chi connectivity index (χ0n) is 16.4. The fraction of sp³-hybridized carbons (Fsp3) is 0.381. The first-order chi connectivity index (χ1) is 12.5. The summed E-state index contributed by atoms with van der Waals surface area (Å²) in [7, 11) is 0. The molecule has 2 aromatic rings. The first kappa shape index (κ1) is 20.4. The van der Waals surface area contributed by atoms with Gasteiger partial charge in [-0.25, -0.2) is 9.78 Å². The van der Waals surface area contributed by atoms with E-state index in [-0.39, 0.29) is 6.42 Å². The summed E-state index contributed by atoms with van der Waals surface area (Å²) in [5.74, 6) is -0.427. The number of nitrogens with zero attached hydrogens (tertiary/aromatic N) is 1. The lowest BCUT2D eigenvalue weighted by molar-refractivity contribution is -0.138. The van der Waals surface area contributed by atoms with Gasteiger partial charge in [0.2, 0.25) is 0 Å². The van der Waals surface area contributed by atoms with Gasteiger partial charge in [-0.15, -0.1) is 0 Å². The maximum atomic E-state index is 11.9. The van der Waals surface area contributed by atoms with Gasteiger partial charge in [0.25, 0.3) is 0 Å². The van der Waals surface area contributed by atoms with Gasteiger partial charge in [0.1, 0.15) is 11.4 Å². The van der Waals surface area contributed by atoms with Gasteiger partial charge in [-0.2, -0.15) is 0 Å². The fourth-order valence-electron chi connectivity index (χ4n) is 2.65. The first-order valence-corrected chi connectivity index (χ1v) is 8.76. The molecule has 0 spiro atoms. The maximum Gasteiger partial charge on any atom is 0.413 e. The molecule has 0 radical (unpaired) electrons. The molecule has 0 aliphatic rings. The lowest BCUT2D eigenvalue weighted by Gasteiger charge is -2.23. The van der Waals surface area contributed by atoms with Gasteiger partial charge in [0.05, 0.1) is 12.1 Å². The highest BCUT2D eigenvalue weighted by Gasteiger charge is 2.24. The van der Waals surface area contributed by atoms with Crippen LogP contribution in [0.15, 0.2) is 42.5 Å². The molecule has 0 saturated carbocycles. The summed E-state index contributed by atoms with van der Waals surface area (Å²) < 4.78 is 5.23. The van der Waals surface area contributed by atoms with Crippen molar-refractivity contribution in [3.63, 3.8) is 0 Å². The number of rotatable bonds is 5. The zero-order chi connectivity index (χ0) is 20.2. The number of ether oxygens (including phenoxy) is 1. The zero-order valence-corrected chi connectivity index (χ0v) is 16.4. The number of carbonyl (C=O) groups is 2. The molecule has 0 saturated heterocycles. The van der Waals surface area contributed by atoms with Gasteiger partial charge in [0, 0.05) is 11.0 Å². The number of hydrogen-bond acceptors (Lipinski definition) is 4. The molecule has 1 aromatic carbocycles. The molecule has 27 heavy (non-hydrogen) atoms. The van der Waals surface area contributed by atoms with E-state index in [1.807, 2.05) is 44.2 Å². The minimum absolute atomic E-state index is 0.0554. The van der Waals surface area contributed by atoms with Crippen molar-refractivity contribution in [1.82, 2.24) is 4.98 Å². The molecule has 0 atom stereocenters. The Morgan fingerprint density at radius 1 is 1.04 bits per heavy atom. The molecule has 2 N–H and O–H groups in total. The van der Waals surface area contributed by atoms with Crippen molar-refractivity contribution in [2.24, 2.45) is 0 Å². The van der Waals surface area contributed by atoms with Crippen molar-refractivity contribution in [1.29, 1.82) is 0 Å². The molecular formula is C21H26N2O4. The van der Waals surface area contributed by atoms with Crippen LogP contribution in [-0.2, 0) is 14.9 Å². The quantitative estimate of drug-likeness (QED) is 0.785. The van der Waals surface area contributed by atoms with E-state index in [9.17, 15) is 9.59 Å². The van der Waals surface area contributed by atoms with Crippen molar-refractivity contribution in [2.45, 2.75) is 52.1 Å². The number of carboxylic acid groups (broad SMARTS) is 1. The number of amides is 1. The smallest absolute Gasteiger partial charge is 0.413 e. The number of hydrogen-bond donors (Lipinski definition) is 2. The van der Waals surface area contributed by atoms with Gasteiger partial charge < -0.3 is 9.84 Å². The second-order valence-electron chi connectivity index (χ2n) is 8.07. The highest BCUT2D eigenvalue weighted by molar-refractivity contribution is 5.84. The average Bonchev–Trinajstić information content (AvgIpc) is 2.52. The van der Waals surface area contributed by atoms with Crippen LogP contribution >= 0.6 is 0 Å². The van der Waals surface area contributed by atoms with Gasteiger partial charge in [0.15, 0.2) is 0 Å². The molecule has 2 rings (SSSR count). The summed E-state index contributed by atoms with van der Waals surface area (Å²) >= 11 is 0. The third-order valence-electron chi connectivity index (χ3n) is 3.93. The Bertz CT molecular complexity index is 821. The molecule has 1 heterocycles. The minimum Gasteiger partial charge on any atom is -0.481 e. The molecule has 0 unspecified atom stereocenters. The second-order valence-corrected chi connectivity index (χ2v) is 8.07. The molecule has 6 nitrogen and oxygen atoms in total. The molecule has 1 amide bonds. The second kappa shape index (κ2) is 7.78. The summed E-state index contributed by atoms with van der Waals surface area (Å²) in [5, 5.41) is 11.7. The third-order valence-corrected chi connectivity index (χ3v) is 3.93. The Morgan fingerprint density at radius 3 is 2.22 bits per heavy atom. The van der Waals surface area contributed by atoms with Crippen LogP contribution in [0.2, 0.25) is 0 Å². The summed E-state index contributed by atoms with van der Waals surface area (Å²) in [6, 6.07) is 13.0. The summed E-state index contributed by atoms with van der Waals surface area (Å²) in [6.45, 7) is 9.19. The molecule has 144 valence electrons. The van der Waals surface area contributed by atoms with Gasteiger partial charge in [-0.05, 0) is 38.5 Å². The number of anilines is 1. The average molecular weight is 370 g/mol. The molecule has 1 aromatic heterocycles. The predicted octanol–water partition coefficient (Wildman–Crippen LogP) is 4.85. The van der Waals surface area contributed by atoms with Crippen LogP contribution in [0.5, 0.6) is 0 Å². The highest BCUT2D eigenvalue weighted by atomic mass is 16.6. The van der Waals surface area contributed by atoms with Crippen LogP contribution in [-0.4, -0.2) is 27.8 Å². The van der Waals surface area contributed by atoms with E-state index < -0.39 is 23.1 Å². The Hall–Kier alpha value is -2.89. The summed E-state index contributed by atoms with van der Waals surface area (Å²) in [6.07, 6.45) is -0.502. The minimum atomic E-state index is -0.827. The van der Waals surface area contributed by atoms with E-state index in [4.69, 9.17) is 9.84 Å². The Morgan fingerprint density at radius 2 is 1.67 bits per heavy atom. The lowest BCUT2D eigenvalue weighted by Crippen LogP contribution is -2.27. The molecule has 6 heteroatoms. The standard InChI is InChI=1S/C21H26N2O4/c1-20(2,3)27-19(26)23-17-8-6-7-16(22-17)14-9-11-15(12-10-14)21(4,5)13-18(24)25/h6-12H,13H2,1-5H3,(H,24,25)(H,22,23,26). The van der Waals surface area contributed by atoms with Crippen molar-refractivity contribution in [2.75, 3.05) is 5.32 Å². The van der Waals surface area contributed by atoms with Crippen LogP contribution < -0.4 is 5.32 Å². The third kappa shape index (κ3) is 6.09. The maximum absolute atomic E-state index is 11.9. The van der Waals surface area contributed by atoms with Gasteiger partial charge >= 0.3 is 12.1 Å². The monoisotopic (exact) mass is 370 g/mol. The number of aliphatic carboxylic acids is 1. The number of pyridine rings is 1. The van der Waals surface area contributed by atoms with E-state index in [0.29, 0.717) is 11.5 Å². The van der Waals surface area contributed by atoms with Crippen molar-refractivity contribution in [3.8, 4) is 11.3 Å². The molecular weight excluding hydrogens is 344 g/mol. The molecule has 0 bridgehead atoms. The van der Waals surface area contributed by atoms with Crippen molar-refractivity contribution in [3.05, 3.63) is 48.0 Å². The van der Waals surface area contributed by atoms with E-state index in [0.717, 1.165) is 11.1 Å². The molecule has 0 fully saturated rings. The Balaban J connectivity index is 2.17. The van der Waals surface area contributed by atoms with E-state index >= 15 is 0 Å². The number of carboxylic acids is 1. The van der Waals surface area contributed by atoms with E-state index in [1.165, 1.54) is 0 Å². The van der Waals surface area contributed by atoms with Gasteiger partial charge in [-0.3, -0.25) is 10.1 Å². The number of benzene rings is 1. The number of nitrogens with one attached hydrogen (secondary N) is 1. The van der Waals surface area contributed by atoms with E-state index in [2.05, 4.69) is 10.3 Å². The first-order valence-electron chi connectivity index (χ1n) is 8.76. The van der Waals surface area contributed by atoms with E-state index in [1.54, 1.807) is 32.9 Å². The van der Waals surface area contributed by atoms with Crippen molar-refractivity contribution >= 4 is 17.9 Å². The normalized spacial score (nSPS) is 11.7. The predicted molar refractivity (Wildman–Crippen MR) is 105 cm³/mol. The van der Waals surface area contributed by atoms with Crippen LogP contribution in [0.25, 0.3) is 11.3 Å². The topological polar surface area (TPSA) is 88.5 Å². The fourth-order valence-corrected chi connectivity index (χ4v) is 2.65. The van der Waals surface area contributed by atoms with Crippen molar-refractivity contribution < 1.29 is 19.4 Å². The molecule has 0 aliphatic carbocycles. The van der Waals surface area contributed by atoms with Crippen LogP contribution in [0.3, 0.4) is 0 Å². The van der Waals surface area contributed by atoms with Gasteiger partial charge in [-0.1, -0.05) is 44.2 Å². The Kier molecular flexibility index (Phi) is 5.88. The summed E-state index contributed by atoms with van der Waals surface area (Å²) in [4.78, 5) is 27.4. The Labute approximate surface area is 159 Å². The number of aromatic nitrogens is 1. The number of carbonyl (C=O) groups excluding carboxylic acids is 1. The lowest BCUT2D eigenvalue weighted by atomic mass is 9.81. The summed E-state index contributed by atoms with van der Waals surface area (Å²) in [5.41, 5.74) is 1.47. The van der Waals surface area contributed by atoms with Crippen LogP contribution in [0.1, 0.15) is 46.6 Å². The molecule has 0 aliphatic heterocycles. The largest absolute Gasteiger partial charge is 0.481 e. The highest BCUT2D eigenvalue weighted by Crippen LogP contribution is 2.29. The van der Waals surface area contributed by atoms with Crippen LogP contribution in [0, 0.1) is 0 Å². The van der Waals surface area contributed by atoms with Crippen LogP contribution in [0.4, 0.5) is 10.6 Å². The SMILES string of the molecule is CC(C)(C)OC(=O)Nc1cccc(-c2ccc(C(C)(C)CC(=O)O)cc2)n1.